The second kappa shape index (κ2) is 5.29. The number of hydrogen-bond donors (Lipinski definition) is 2. The van der Waals surface area contributed by atoms with Gasteiger partial charge in [-0.05, 0) is 25.3 Å². The van der Waals surface area contributed by atoms with E-state index in [1.54, 1.807) is 6.92 Å². The van der Waals surface area contributed by atoms with Crippen LogP contribution in [0.1, 0.15) is 33.1 Å². The first-order valence-electron chi connectivity index (χ1n) is 5.75. The van der Waals surface area contributed by atoms with Gasteiger partial charge in [-0.25, -0.2) is 9.18 Å². The molecule has 0 saturated carbocycles. The molecule has 0 amide bonds. The summed E-state index contributed by atoms with van der Waals surface area (Å²) in [5, 5.41) is 7.56. The minimum Gasteiger partial charge on any atom is -0.464 e. The van der Waals surface area contributed by atoms with E-state index in [1.807, 2.05) is 0 Å². The van der Waals surface area contributed by atoms with Gasteiger partial charge in [0.15, 0.2) is 5.78 Å². The third-order valence-electron chi connectivity index (χ3n) is 2.92. The van der Waals surface area contributed by atoms with Gasteiger partial charge in [-0.2, -0.15) is 0 Å². The van der Waals surface area contributed by atoms with Crippen molar-refractivity contribution < 1.29 is 18.7 Å². The number of Topliss-reactive ketones (excluding diaryl/α,β-unsaturated/α-hetero) is 1. The van der Waals surface area contributed by atoms with E-state index in [0.29, 0.717) is 5.57 Å². The number of allylic oxidation sites excluding steroid dienone is 2. The highest BCUT2D eigenvalue weighted by atomic mass is 19.1. The molecule has 5 nitrogen and oxygen atoms in total. The minimum absolute atomic E-state index is 0.0806. The molecule has 1 atom stereocenters. The van der Waals surface area contributed by atoms with Crippen molar-refractivity contribution in [3.8, 4) is 0 Å². The van der Waals surface area contributed by atoms with Crippen molar-refractivity contribution in [1.82, 2.24) is 0 Å². The molecule has 3 N–H and O–H groups in total. The number of carbonyl (C=O) groups is 2. The molecule has 0 aromatic heterocycles. The second-order valence-electron chi connectivity index (χ2n) is 4.30. The first-order chi connectivity index (χ1) is 8.31. The number of ether oxygens (including phenoxy) is 1. The van der Waals surface area contributed by atoms with Gasteiger partial charge in [-0.1, -0.05) is 0 Å². The Morgan fingerprint density at radius 3 is 2.61 bits per heavy atom. The Hall–Kier alpha value is -1.72. The Labute approximate surface area is 105 Å². The van der Waals surface area contributed by atoms with Gasteiger partial charge >= 0.3 is 5.97 Å². The molecule has 1 aliphatic rings. The number of esters is 1. The summed E-state index contributed by atoms with van der Waals surface area (Å²) in [4.78, 5) is 22.6. The van der Waals surface area contributed by atoms with Gasteiger partial charge < -0.3 is 10.5 Å². The molecule has 0 aliphatic heterocycles. The van der Waals surface area contributed by atoms with E-state index in [-0.39, 0.29) is 37.3 Å². The molecule has 1 rings (SSSR count). The second-order valence-corrected chi connectivity index (χ2v) is 4.30. The van der Waals surface area contributed by atoms with Gasteiger partial charge in [0.2, 0.25) is 5.67 Å². The van der Waals surface area contributed by atoms with Crippen LogP contribution in [0.25, 0.3) is 0 Å². The Balaban J connectivity index is 2.92. The summed E-state index contributed by atoms with van der Waals surface area (Å²) >= 11 is 0. The number of hydrogen-bond acceptors (Lipinski definition) is 5. The fraction of sp³-hybridized carbons (Fsp3) is 0.583. The lowest BCUT2D eigenvalue weighted by atomic mass is 9.82. The van der Waals surface area contributed by atoms with Crippen LogP contribution in [0.4, 0.5) is 4.39 Å². The number of rotatable bonds is 4. The van der Waals surface area contributed by atoms with E-state index in [4.69, 9.17) is 11.1 Å². The van der Waals surface area contributed by atoms with Gasteiger partial charge in [0.1, 0.15) is 5.71 Å². The summed E-state index contributed by atoms with van der Waals surface area (Å²) in [5.41, 5.74) is 3.73. The third-order valence-corrected chi connectivity index (χ3v) is 2.92. The topological polar surface area (TPSA) is 93.2 Å². The maximum atomic E-state index is 14.3. The van der Waals surface area contributed by atoms with E-state index in [1.165, 1.54) is 6.92 Å². The molecular formula is C12H17FN2O3. The number of alkyl halides is 1. The standard InChI is InChI=1S/C12H17FN2O3/c1-3-18-11(17)12(13)5-4-8(9(14)6-12)10(15)7(2)16/h15H,3-6,14H2,1-2H3. The largest absolute Gasteiger partial charge is 0.464 e. The molecule has 0 radical (unpaired) electrons. The molecular weight excluding hydrogens is 239 g/mol. The van der Waals surface area contributed by atoms with Crippen LogP contribution in [0.5, 0.6) is 0 Å². The number of nitrogens with two attached hydrogens (primary N) is 1. The van der Waals surface area contributed by atoms with E-state index in [9.17, 15) is 14.0 Å². The van der Waals surface area contributed by atoms with Crippen molar-refractivity contribution in [2.75, 3.05) is 6.61 Å². The summed E-state index contributed by atoms with van der Waals surface area (Å²) in [6.07, 6.45) is -0.339. The molecule has 0 saturated heterocycles. The van der Waals surface area contributed by atoms with Crippen LogP contribution >= 0.6 is 0 Å². The monoisotopic (exact) mass is 256 g/mol. The Kier molecular flexibility index (Phi) is 4.21. The Bertz CT molecular complexity index is 431. The molecule has 0 aromatic carbocycles. The SMILES string of the molecule is CCOC(=O)C1(F)CCC(C(=N)C(C)=O)=C(N)C1. The lowest BCUT2D eigenvalue weighted by Crippen LogP contribution is -2.41. The molecule has 6 heteroatoms. The summed E-state index contributed by atoms with van der Waals surface area (Å²) in [6, 6.07) is 0. The minimum atomic E-state index is -2.14. The quantitative estimate of drug-likeness (QED) is 0.585. The van der Waals surface area contributed by atoms with Crippen LogP contribution in [-0.4, -0.2) is 29.7 Å². The van der Waals surface area contributed by atoms with Crippen LogP contribution < -0.4 is 5.73 Å². The zero-order valence-electron chi connectivity index (χ0n) is 10.5. The van der Waals surface area contributed by atoms with E-state index in [2.05, 4.69) is 4.74 Å². The number of ketones is 1. The van der Waals surface area contributed by atoms with E-state index in [0.717, 1.165) is 0 Å². The van der Waals surface area contributed by atoms with E-state index < -0.39 is 17.4 Å². The average Bonchev–Trinajstić information content (AvgIpc) is 2.28. The number of carbonyl (C=O) groups excluding carboxylic acids is 2. The highest BCUT2D eigenvalue weighted by molar-refractivity contribution is 6.44. The van der Waals surface area contributed by atoms with Gasteiger partial charge in [-0.3, -0.25) is 10.2 Å². The maximum absolute atomic E-state index is 14.3. The highest BCUT2D eigenvalue weighted by Gasteiger charge is 2.44. The van der Waals surface area contributed by atoms with Crippen LogP contribution in [0.2, 0.25) is 0 Å². The van der Waals surface area contributed by atoms with Gasteiger partial charge in [0.25, 0.3) is 0 Å². The van der Waals surface area contributed by atoms with Gasteiger partial charge in [-0.15, -0.1) is 0 Å². The first kappa shape index (κ1) is 14.3. The van der Waals surface area contributed by atoms with Crippen molar-refractivity contribution >= 4 is 17.5 Å². The fourth-order valence-corrected chi connectivity index (χ4v) is 1.91. The molecule has 0 aromatic rings. The van der Waals surface area contributed by atoms with Crippen molar-refractivity contribution in [2.45, 2.75) is 38.8 Å². The van der Waals surface area contributed by atoms with Crippen LogP contribution in [0.15, 0.2) is 11.3 Å². The lowest BCUT2D eigenvalue weighted by molar-refractivity contribution is -0.158. The molecule has 1 unspecified atom stereocenters. The summed E-state index contributed by atoms with van der Waals surface area (Å²) in [5.74, 6) is -1.35. The van der Waals surface area contributed by atoms with Crippen molar-refractivity contribution in [1.29, 1.82) is 5.41 Å². The van der Waals surface area contributed by atoms with Gasteiger partial charge in [0, 0.05) is 19.0 Å². The predicted octanol–water partition coefficient (Wildman–Crippen LogP) is 1.26. The zero-order chi connectivity index (χ0) is 13.9. The summed E-state index contributed by atoms with van der Waals surface area (Å²) in [6.45, 7) is 2.95. The predicted molar refractivity (Wildman–Crippen MR) is 63.9 cm³/mol. The summed E-state index contributed by atoms with van der Waals surface area (Å²) < 4.78 is 19.0. The smallest absolute Gasteiger partial charge is 0.344 e. The number of nitrogens with one attached hydrogen (secondary N) is 1. The van der Waals surface area contributed by atoms with Crippen LogP contribution in [-0.2, 0) is 14.3 Å². The van der Waals surface area contributed by atoms with Gasteiger partial charge in [0.05, 0.1) is 6.61 Å². The summed E-state index contributed by atoms with van der Waals surface area (Å²) in [7, 11) is 0. The molecule has 18 heavy (non-hydrogen) atoms. The van der Waals surface area contributed by atoms with Crippen LogP contribution in [0.3, 0.4) is 0 Å². The maximum Gasteiger partial charge on any atom is 0.344 e. The molecule has 0 fully saturated rings. The van der Waals surface area contributed by atoms with E-state index >= 15 is 0 Å². The molecule has 100 valence electrons. The zero-order valence-corrected chi connectivity index (χ0v) is 10.5. The number of halogens is 1. The van der Waals surface area contributed by atoms with Crippen LogP contribution in [0, 0.1) is 5.41 Å². The first-order valence-corrected chi connectivity index (χ1v) is 5.75. The molecule has 0 bridgehead atoms. The molecule has 0 spiro atoms. The van der Waals surface area contributed by atoms with Crippen molar-refractivity contribution in [3.05, 3.63) is 11.3 Å². The normalized spacial score (nSPS) is 23.7. The van der Waals surface area contributed by atoms with Crippen molar-refractivity contribution in [2.24, 2.45) is 5.73 Å². The van der Waals surface area contributed by atoms with Crippen molar-refractivity contribution in [3.63, 3.8) is 0 Å². The lowest BCUT2D eigenvalue weighted by Gasteiger charge is -2.29. The third kappa shape index (κ3) is 2.75. The average molecular weight is 256 g/mol. The Morgan fingerprint density at radius 1 is 1.56 bits per heavy atom. The highest BCUT2D eigenvalue weighted by Crippen LogP contribution is 2.35. The molecule has 0 heterocycles. The fourth-order valence-electron chi connectivity index (χ4n) is 1.91. The molecule has 1 aliphatic carbocycles. The Morgan fingerprint density at radius 2 is 2.17 bits per heavy atom.